The number of fused-ring (bicyclic) bond motifs is 1. The highest BCUT2D eigenvalue weighted by molar-refractivity contribution is 5.37. The molecule has 82 valence electrons. The van der Waals surface area contributed by atoms with Gasteiger partial charge in [0.1, 0.15) is 11.6 Å². The van der Waals surface area contributed by atoms with E-state index in [0.717, 1.165) is 6.42 Å². The molecule has 0 fully saturated rings. The monoisotopic (exact) mass is 211 g/mol. The van der Waals surface area contributed by atoms with Gasteiger partial charge in [0.05, 0.1) is 0 Å². The lowest BCUT2D eigenvalue weighted by Gasteiger charge is -2.17. The maximum atomic E-state index is 13.6. The van der Waals surface area contributed by atoms with Gasteiger partial charge in [-0.1, -0.05) is 13.8 Å². The van der Waals surface area contributed by atoms with Crippen LogP contribution in [0.15, 0.2) is 12.1 Å². The van der Waals surface area contributed by atoms with E-state index < -0.39 is 0 Å². The maximum Gasteiger partial charge on any atom is 0.128 e. The molecule has 0 bridgehead atoms. The van der Waals surface area contributed by atoms with Crippen LogP contribution in [0.5, 0.6) is 0 Å². The van der Waals surface area contributed by atoms with Gasteiger partial charge in [-0.3, -0.25) is 0 Å². The van der Waals surface area contributed by atoms with Crippen molar-refractivity contribution in [3.63, 3.8) is 0 Å². The molecule has 1 nitrogen and oxygen atoms in total. The van der Waals surface area contributed by atoms with Crippen LogP contribution in [0.3, 0.4) is 0 Å². The molecular formula is C12H15F2N. The highest BCUT2D eigenvalue weighted by atomic mass is 19.1. The second-order valence-electron chi connectivity index (χ2n) is 4.33. The first kappa shape index (κ1) is 10.6. The van der Waals surface area contributed by atoms with Crippen LogP contribution >= 0.6 is 0 Å². The van der Waals surface area contributed by atoms with Gasteiger partial charge in [-0.15, -0.1) is 0 Å². The molecule has 0 saturated heterocycles. The first-order chi connectivity index (χ1) is 7.09. The zero-order valence-electron chi connectivity index (χ0n) is 8.98. The van der Waals surface area contributed by atoms with E-state index in [1.54, 1.807) is 0 Å². The van der Waals surface area contributed by atoms with Gasteiger partial charge in [0, 0.05) is 17.6 Å². The molecule has 1 N–H and O–H groups in total. The van der Waals surface area contributed by atoms with E-state index in [2.05, 4.69) is 5.32 Å². The Bertz CT molecular complexity index is 374. The quantitative estimate of drug-likeness (QED) is 0.793. The number of rotatable bonds is 2. The number of benzene rings is 1. The molecule has 1 aromatic carbocycles. The van der Waals surface area contributed by atoms with Gasteiger partial charge in [-0.05, 0) is 30.5 Å². The molecule has 1 aliphatic carbocycles. The van der Waals surface area contributed by atoms with E-state index in [0.29, 0.717) is 17.5 Å². The molecule has 1 unspecified atom stereocenters. The Hall–Kier alpha value is -0.960. The molecule has 0 saturated carbocycles. The summed E-state index contributed by atoms with van der Waals surface area (Å²) in [5.41, 5.74) is 1.08. The van der Waals surface area contributed by atoms with Crippen molar-refractivity contribution in [3.8, 4) is 0 Å². The van der Waals surface area contributed by atoms with Crippen LogP contribution in [0.25, 0.3) is 0 Å². The molecule has 3 heteroatoms. The van der Waals surface area contributed by atoms with Gasteiger partial charge in [0.2, 0.25) is 0 Å². The van der Waals surface area contributed by atoms with Crippen molar-refractivity contribution in [1.82, 2.24) is 5.32 Å². The zero-order valence-corrected chi connectivity index (χ0v) is 8.98. The van der Waals surface area contributed by atoms with Crippen molar-refractivity contribution in [1.29, 1.82) is 0 Å². The predicted octanol–water partition coefficient (Wildman–Crippen LogP) is 2.95. The molecule has 0 radical (unpaired) electrons. The van der Waals surface area contributed by atoms with Crippen LogP contribution in [0.4, 0.5) is 8.78 Å². The Morgan fingerprint density at radius 3 is 2.60 bits per heavy atom. The summed E-state index contributed by atoms with van der Waals surface area (Å²) in [7, 11) is 0. The Balaban J connectivity index is 2.37. The van der Waals surface area contributed by atoms with Crippen LogP contribution < -0.4 is 5.32 Å². The van der Waals surface area contributed by atoms with E-state index in [1.807, 2.05) is 13.8 Å². The summed E-state index contributed by atoms with van der Waals surface area (Å²) in [6.45, 7) is 4.02. The summed E-state index contributed by atoms with van der Waals surface area (Å²) in [6.07, 6.45) is 1.41. The van der Waals surface area contributed by atoms with Crippen LogP contribution in [0.2, 0.25) is 0 Å². The van der Waals surface area contributed by atoms with Gasteiger partial charge in [0.25, 0.3) is 0 Å². The maximum absolute atomic E-state index is 13.6. The lowest BCUT2D eigenvalue weighted by atomic mass is 10.1. The van der Waals surface area contributed by atoms with E-state index in [9.17, 15) is 8.78 Å². The lowest BCUT2D eigenvalue weighted by Crippen LogP contribution is -2.27. The van der Waals surface area contributed by atoms with E-state index >= 15 is 0 Å². The molecule has 15 heavy (non-hydrogen) atoms. The van der Waals surface area contributed by atoms with E-state index in [4.69, 9.17) is 0 Å². The molecule has 1 atom stereocenters. The van der Waals surface area contributed by atoms with Gasteiger partial charge in [-0.2, -0.15) is 0 Å². The third-order valence-electron chi connectivity index (χ3n) is 2.81. The minimum absolute atomic E-state index is 0.0318. The van der Waals surface area contributed by atoms with Crippen molar-refractivity contribution < 1.29 is 8.78 Å². The number of hydrogen-bond acceptors (Lipinski definition) is 1. The summed E-state index contributed by atoms with van der Waals surface area (Å²) in [5.74, 6) is -0.568. The SMILES string of the molecule is CC(C)NC1CCc2c(F)ccc(F)c21. The molecule has 1 aromatic rings. The fourth-order valence-electron chi connectivity index (χ4n) is 2.24. The van der Waals surface area contributed by atoms with Gasteiger partial charge < -0.3 is 5.32 Å². The molecule has 0 aliphatic heterocycles. The highest BCUT2D eigenvalue weighted by Crippen LogP contribution is 2.34. The van der Waals surface area contributed by atoms with E-state index in [1.165, 1.54) is 12.1 Å². The molecule has 1 aliphatic rings. The van der Waals surface area contributed by atoms with Crippen LogP contribution in [0, 0.1) is 11.6 Å². The molecule has 2 rings (SSSR count). The van der Waals surface area contributed by atoms with Gasteiger partial charge in [-0.25, -0.2) is 8.78 Å². The third-order valence-corrected chi connectivity index (χ3v) is 2.81. The standard InChI is InChI=1S/C12H15F2N/c1-7(2)15-11-6-3-8-9(13)4-5-10(14)12(8)11/h4-5,7,11,15H,3,6H2,1-2H3. The van der Waals surface area contributed by atoms with Crippen LogP contribution in [-0.2, 0) is 6.42 Å². The second-order valence-corrected chi connectivity index (χ2v) is 4.33. The smallest absolute Gasteiger partial charge is 0.128 e. The third kappa shape index (κ3) is 1.88. The highest BCUT2D eigenvalue weighted by Gasteiger charge is 2.28. The average molecular weight is 211 g/mol. The topological polar surface area (TPSA) is 12.0 Å². The van der Waals surface area contributed by atoms with Crippen LogP contribution in [-0.4, -0.2) is 6.04 Å². The first-order valence-corrected chi connectivity index (χ1v) is 5.32. The van der Waals surface area contributed by atoms with Gasteiger partial charge in [0.15, 0.2) is 0 Å². The van der Waals surface area contributed by atoms with Crippen molar-refractivity contribution in [3.05, 3.63) is 34.9 Å². The normalized spacial score (nSPS) is 19.7. The second kappa shape index (κ2) is 3.89. The molecule has 0 amide bonds. The lowest BCUT2D eigenvalue weighted by molar-refractivity contribution is 0.459. The number of nitrogens with one attached hydrogen (secondary N) is 1. The summed E-state index contributed by atoms with van der Waals surface area (Å²) in [5, 5.41) is 3.26. The zero-order chi connectivity index (χ0) is 11.0. The molecule has 0 spiro atoms. The van der Waals surface area contributed by atoms with Crippen molar-refractivity contribution in [2.24, 2.45) is 0 Å². The number of halogens is 2. The fourth-order valence-corrected chi connectivity index (χ4v) is 2.24. The molecule has 0 heterocycles. The van der Waals surface area contributed by atoms with Crippen LogP contribution in [0.1, 0.15) is 37.4 Å². The fraction of sp³-hybridized carbons (Fsp3) is 0.500. The largest absolute Gasteiger partial charge is 0.308 e. The Morgan fingerprint density at radius 1 is 1.27 bits per heavy atom. The van der Waals surface area contributed by atoms with Crippen molar-refractivity contribution in [2.45, 2.75) is 38.8 Å². The Labute approximate surface area is 88.5 Å². The summed E-state index contributed by atoms with van der Waals surface area (Å²) >= 11 is 0. The predicted molar refractivity (Wildman–Crippen MR) is 55.7 cm³/mol. The summed E-state index contributed by atoms with van der Waals surface area (Å²) in [4.78, 5) is 0. The van der Waals surface area contributed by atoms with Crippen molar-refractivity contribution in [2.75, 3.05) is 0 Å². The Morgan fingerprint density at radius 2 is 1.93 bits per heavy atom. The minimum atomic E-state index is -0.290. The van der Waals surface area contributed by atoms with Gasteiger partial charge >= 0.3 is 0 Å². The summed E-state index contributed by atoms with van der Waals surface area (Å²) in [6, 6.07) is 2.68. The average Bonchev–Trinajstić information content (AvgIpc) is 2.56. The number of hydrogen-bond donors (Lipinski definition) is 1. The Kier molecular flexibility index (Phi) is 2.74. The van der Waals surface area contributed by atoms with E-state index in [-0.39, 0.29) is 23.7 Å². The first-order valence-electron chi connectivity index (χ1n) is 5.32. The molecule has 0 aromatic heterocycles. The van der Waals surface area contributed by atoms with Crippen molar-refractivity contribution >= 4 is 0 Å². The molecular weight excluding hydrogens is 196 g/mol. The summed E-state index contributed by atoms with van der Waals surface area (Å²) < 4.78 is 27.0. The minimum Gasteiger partial charge on any atom is -0.308 e.